The number of fused-ring (bicyclic) bond motifs is 1. The molecule has 0 aliphatic carbocycles. The number of phenols is 1. The van der Waals surface area contributed by atoms with Crippen molar-refractivity contribution in [2.45, 2.75) is 38.3 Å². The van der Waals surface area contributed by atoms with Gasteiger partial charge in [-0.15, -0.1) is 0 Å². The van der Waals surface area contributed by atoms with Crippen molar-refractivity contribution in [1.29, 1.82) is 0 Å². The second-order valence-electron chi connectivity index (χ2n) is 9.82. The predicted octanol–water partition coefficient (Wildman–Crippen LogP) is 5.40. The summed E-state index contributed by atoms with van der Waals surface area (Å²) in [5, 5.41) is 16.1. The minimum atomic E-state index is -3.88. The zero-order valence-electron chi connectivity index (χ0n) is 23.2. The van der Waals surface area contributed by atoms with Crippen molar-refractivity contribution in [2.24, 2.45) is 0 Å². The van der Waals surface area contributed by atoms with E-state index in [1.165, 1.54) is 12.1 Å². The lowest BCUT2D eigenvalue weighted by Gasteiger charge is -2.18. The molecule has 4 N–H and O–H groups in total. The number of amides is 2. The molecule has 3 aromatic rings. The molecule has 4 rings (SSSR count). The Morgan fingerprint density at radius 1 is 1.12 bits per heavy atom. The summed E-state index contributed by atoms with van der Waals surface area (Å²) in [5.74, 6) is -1.15. The fourth-order valence-electron chi connectivity index (χ4n) is 4.88. The number of aromatic nitrogens is 1. The summed E-state index contributed by atoms with van der Waals surface area (Å²) in [6.07, 6.45) is 1.64. The van der Waals surface area contributed by atoms with E-state index in [9.17, 15) is 23.1 Å². The largest absolute Gasteiger partial charge is 0.506 e. The lowest BCUT2D eigenvalue weighted by Crippen LogP contribution is -2.35. The molecule has 0 bridgehead atoms. The Morgan fingerprint density at radius 3 is 2.51 bits per heavy atom. The Kier molecular flexibility index (Phi) is 9.47. The third-order valence-electron chi connectivity index (χ3n) is 7.19. The van der Waals surface area contributed by atoms with Crippen LogP contribution in [0, 0.1) is 13.8 Å². The van der Waals surface area contributed by atoms with Crippen LogP contribution in [0.25, 0.3) is 11.6 Å². The summed E-state index contributed by atoms with van der Waals surface area (Å²) in [6, 6.07) is 7.63. The van der Waals surface area contributed by atoms with Crippen molar-refractivity contribution in [3.8, 4) is 5.75 Å². The number of aryl methyl sites for hydroxylation is 1. The first-order valence-electron chi connectivity index (χ1n) is 13.1. The van der Waals surface area contributed by atoms with Gasteiger partial charge in [-0.1, -0.05) is 29.8 Å². The van der Waals surface area contributed by atoms with Gasteiger partial charge in [0.1, 0.15) is 5.75 Å². The maximum absolute atomic E-state index is 13.3. The number of sulfone groups is 1. The smallest absolute Gasteiger partial charge is 0.256 e. The van der Waals surface area contributed by atoms with E-state index in [2.05, 4.69) is 66.2 Å². The maximum atomic E-state index is 13.3. The first-order valence-corrected chi connectivity index (χ1v) is 16.4. The van der Waals surface area contributed by atoms with Gasteiger partial charge in [-0.3, -0.25) is 9.59 Å². The second kappa shape index (κ2) is 12.5. The molecule has 0 spiro atoms. The van der Waals surface area contributed by atoms with Gasteiger partial charge in [-0.05, 0) is 84.8 Å². The molecule has 0 saturated heterocycles. The lowest BCUT2D eigenvalue weighted by atomic mass is 10.0. The Bertz CT molecular complexity index is 1660. The van der Waals surface area contributed by atoms with Crippen molar-refractivity contribution in [3.05, 3.63) is 72.9 Å². The number of carbonyl (C=O) groups excluding carboxylic acids is 2. The number of hydrogen-bond acceptors (Lipinski definition) is 6. The Morgan fingerprint density at radius 2 is 1.83 bits per heavy atom. The normalized spacial score (nSPS) is 14.0. The van der Waals surface area contributed by atoms with E-state index in [1.54, 1.807) is 31.2 Å². The van der Waals surface area contributed by atoms with E-state index in [-0.39, 0.29) is 33.6 Å². The van der Waals surface area contributed by atoms with Crippen LogP contribution in [0.2, 0.25) is 0 Å². The lowest BCUT2D eigenvalue weighted by molar-refractivity contribution is -0.110. The number of likely N-dealkylation sites (N-methyl/N-ethyl adjacent to an activating group) is 1. The number of hydrogen-bond donors (Lipinski definition) is 4. The van der Waals surface area contributed by atoms with Gasteiger partial charge >= 0.3 is 0 Å². The van der Waals surface area contributed by atoms with Crippen LogP contribution in [0.3, 0.4) is 0 Å². The molecule has 2 aromatic carbocycles. The SMILES string of the molecule is CCN(CC)CCNC(=O)c1c(C)[nH]c(C=C2C(=O)Nc3ccc(S(=O)(=O)Cc4cc(Br)cc(Br)c4O)cc32)c1C. The van der Waals surface area contributed by atoms with E-state index < -0.39 is 15.6 Å². The molecule has 2 heterocycles. The van der Waals surface area contributed by atoms with E-state index >= 15 is 0 Å². The first-order chi connectivity index (χ1) is 19.4. The highest BCUT2D eigenvalue weighted by Crippen LogP contribution is 2.38. The minimum Gasteiger partial charge on any atom is -0.506 e. The number of H-pyrrole nitrogens is 1. The number of phenolic OH excluding ortho intramolecular Hbond substituents is 1. The summed E-state index contributed by atoms with van der Waals surface area (Å²) in [5.41, 5.74) is 3.91. The highest BCUT2D eigenvalue weighted by atomic mass is 79.9. The number of halogens is 2. The molecule has 1 aliphatic heterocycles. The molecular formula is C29H32Br2N4O5S. The number of nitrogens with zero attached hydrogens (tertiary/aromatic N) is 1. The van der Waals surface area contributed by atoms with E-state index in [0.717, 1.165) is 19.6 Å². The van der Waals surface area contributed by atoms with E-state index in [4.69, 9.17) is 0 Å². The fourth-order valence-corrected chi connectivity index (χ4v) is 7.56. The van der Waals surface area contributed by atoms with Gasteiger partial charge in [0.05, 0.1) is 26.3 Å². The van der Waals surface area contributed by atoms with E-state index in [0.29, 0.717) is 49.3 Å². The predicted molar refractivity (Wildman–Crippen MR) is 168 cm³/mol. The summed E-state index contributed by atoms with van der Waals surface area (Å²) in [6.45, 7) is 10.8. The number of anilines is 1. The molecule has 1 aliphatic rings. The summed E-state index contributed by atoms with van der Waals surface area (Å²) >= 11 is 6.56. The quantitative estimate of drug-likeness (QED) is 0.209. The molecule has 1 aromatic heterocycles. The molecule has 0 fully saturated rings. The van der Waals surface area contributed by atoms with E-state index in [1.807, 2.05) is 6.92 Å². The Balaban J connectivity index is 1.63. The number of aromatic amines is 1. The van der Waals surface area contributed by atoms with Crippen molar-refractivity contribution in [2.75, 3.05) is 31.5 Å². The molecule has 0 saturated carbocycles. The van der Waals surface area contributed by atoms with Gasteiger partial charge in [0, 0.05) is 45.8 Å². The van der Waals surface area contributed by atoms with Gasteiger partial charge in [-0.2, -0.15) is 0 Å². The van der Waals surface area contributed by atoms with Gasteiger partial charge in [0.25, 0.3) is 11.8 Å². The zero-order valence-corrected chi connectivity index (χ0v) is 27.2. The first kappa shape index (κ1) is 31.0. The summed E-state index contributed by atoms with van der Waals surface area (Å²) in [4.78, 5) is 31.4. The van der Waals surface area contributed by atoms with Crippen LogP contribution in [0.15, 0.2) is 44.2 Å². The molecule has 218 valence electrons. The van der Waals surface area contributed by atoms with Gasteiger partial charge in [-0.25, -0.2) is 8.42 Å². The highest BCUT2D eigenvalue weighted by Gasteiger charge is 2.28. The van der Waals surface area contributed by atoms with Crippen LogP contribution in [-0.2, 0) is 20.4 Å². The summed E-state index contributed by atoms with van der Waals surface area (Å²) in [7, 11) is -3.88. The summed E-state index contributed by atoms with van der Waals surface area (Å²) < 4.78 is 27.7. The van der Waals surface area contributed by atoms with Crippen molar-refractivity contribution >= 4 is 70.8 Å². The fraction of sp³-hybridized carbons (Fsp3) is 0.310. The van der Waals surface area contributed by atoms with Crippen molar-refractivity contribution < 1.29 is 23.1 Å². The molecule has 41 heavy (non-hydrogen) atoms. The standard InChI is InChI=1S/C29H32Br2N4O5S/c1-5-35(6-2)10-9-32-29(38)26-16(3)25(33-17(26)4)14-22-21-13-20(7-8-24(21)34-28(22)37)41(39,40)15-18-11-19(30)12-23(31)27(18)36/h7-8,11-14,33,36H,5-6,9-10,15H2,1-4H3,(H,32,38)(H,34,37). The number of aromatic hydroxyl groups is 1. The van der Waals surface area contributed by atoms with Gasteiger partial charge in [0.2, 0.25) is 0 Å². The number of benzene rings is 2. The minimum absolute atomic E-state index is 0.0156. The molecule has 9 nitrogen and oxygen atoms in total. The number of rotatable bonds is 10. The second-order valence-corrected chi connectivity index (χ2v) is 13.6. The van der Waals surface area contributed by atoms with Crippen LogP contribution in [0.4, 0.5) is 5.69 Å². The zero-order chi connectivity index (χ0) is 30.1. The third-order valence-corrected chi connectivity index (χ3v) is 9.91. The van der Waals surface area contributed by atoms with Gasteiger partial charge in [0.15, 0.2) is 9.84 Å². The monoisotopic (exact) mass is 706 g/mol. The molecule has 0 atom stereocenters. The van der Waals surface area contributed by atoms with Crippen LogP contribution < -0.4 is 10.6 Å². The maximum Gasteiger partial charge on any atom is 0.256 e. The van der Waals surface area contributed by atoms with Crippen molar-refractivity contribution in [1.82, 2.24) is 15.2 Å². The Labute approximate surface area is 256 Å². The number of carbonyl (C=O) groups is 2. The van der Waals surface area contributed by atoms with Crippen LogP contribution in [-0.4, -0.2) is 61.4 Å². The van der Waals surface area contributed by atoms with Crippen LogP contribution in [0.1, 0.15) is 52.3 Å². The third kappa shape index (κ3) is 6.61. The molecule has 2 amide bonds. The molecule has 12 heteroatoms. The number of nitrogens with one attached hydrogen (secondary N) is 3. The van der Waals surface area contributed by atoms with Gasteiger partial charge < -0.3 is 25.6 Å². The average molecular weight is 708 g/mol. The van der Waals surface area contributed by atoms with Crippen LogP contribution in [0.5, 0.6) is 5.75 Å². The molecule has 0 radical (unpaired) electrons. The highest BCUT2D eigenvalue weighted by molar-refractivity contribution is 9.11. The molecular weight excluding hydrogens is 676 g/mol. The molecule has 0 unspecified atom stereocenters. The van der Waals surface area contributed by atoms with Crippen LogP contribution >= 0.6 is 31.9 Å². The topological polar surface area (TPSA) is 132 Å². The van der Waals surface area contributed by atoms with Crippen molar-refractivity contribution in [3.63, 3.8) is 0 Å². The Hall–Kier alpha value is -2.93. The average Bonchev–Trinajstić information content (AvgIpc) is 3.38.